The summed E-state index contributed by atoms with van der Waals surface area (Å²) in [5.41, 5.74) is 0. The van der Waals surface area contributed by atoms with Crippen molar-refractivity contribution in [3.8, 4) is 0 Å². The summed E-state index contributed by atoms with van der Waals surface area (Å²) in [7, 11) is 0. The van der Waals surface area contributed by atoms with Crippen LogP contribution in [0.3, 0.4) is 0 Å². The number of carbonyl (C=O) groups is 3. The molecule has 382 valence electrons. The molecule has 0 fully saturated rings. The summed E-state index contributed by atoms with van der Waals surface area (Å²) in [4.78, 5) is 38.1. The first-order chi connectivity index (χ1) is 32.5. The monoisotopic (exact) mass is 923 g/mol. The van der Waals surface area contributed by atoms with Gasteiger partial charge in [0.2, 0.25) is 0 Å². The molecule has 0 unspecified atom stereocenters. The molecule has 0 heterocycles. The van der Waals surface area contributed by atoms with Gasteiger partial charge in [-0.05, 0) is 109 Å². The van der Waals surface area contributed by atoms with Gasteiger partial charge in [-0.3, -0.25) is 14.4 Å². The van der Waals surface area contributed by atoms with Crippen molar-refractivity contribution in [3.63, 3.8) is 0 Å². The van der Waals surface area contributed by atoms with Gasteiger partial charge in [0.05, 0.1) is 0 Å². The van der Waals surface area contributed by atoms with E-state index >= 15 is 0 Å². The number of esters is 3. The van der Waals surface area contributed by atoms with Crippen LogP contribution in [0.15, 0.2) is 60.8 Å². The van der Waals surface area contributed by atoms with Crippen LogP contribution in [-0.2, 0) is 28.6 Å². The molecule has 0 saturated heterocycles. The lowest BCUT2D eigenvalue weighted by atomic mass is 10.1. The second-order valence-corrected chi connectivity index (χ2v) is 18.8. The first-order valence-corrected chi connectivity index (χ1v) is 28.3. The third-order valence-electron chi connectivity index (χ3n) is 12.2. The molecule has 6 nitrogen and oxygen atoms in total. The Morgan fingerprint density at radius 2 is 0.545 bits per heavy atom. The fourth-order valence-electron chi connectivity index (χ4n) is 7.91. The van der Waals surface area contributed by atoms with Gasteiger partial charge in [-0.15, -0.1) is 0 Å². The van der Waals surface area contributed by atoms with Crippen LogP contribution in [0.1, 0.15) is 284 Å². The van der Waals surface area contributed by atoms with E-state index in [-0.39, 0.29) is 31.1 Å². The molecule has 0 aromatic rings. The van der Waals surface area contributed by atoms with Crippen molar-refractivity contribution in [2.45, 2.75) is 290 Å². The minimum absolute atomic E-state index is 0.0884. The molecule has 0 spiro atoms. The fourth-order valence-corrected chi connectivity index (χ4v) is 7.91. The molecule has 0 aliphatic rings. The van der Waals surface area contributed by atoms with E-state index < -0.39 is 6.10 Å². The summed E-state index contributed by atoms with van der Waals surface area (Å²) in [5, 5.41) is 0. The van der Waals surface area contributed by atoms with Crippen LogP contribution in [0.2, 0.25) is 0 Å². The second-order valence-electron chi connectivity index (χ2n) is 18.8. The van der Waals surface area contributed by atoms with Crippen molar-refractivity contribution >= 4 is 17.9 Å². The average molecular weight is 924 g/mol. The zero-order chi connectivity index (χ0) is 47.9. The molecule has 0 radical (unpaired) electrons. The predicted molar refractivity (Wildman–Crippen MR) is 284 cm³/mol. The van der Waals surface area contributed by atoms with Gasteiger partial charge >= 0.3 is 17.9 Å². The molecule has 0 aromatic heterocycles. The zero-order valence-corrected chi connectivity index (χ0v) is 43.7. The standard InChI is InChI=1S/C60H106O6/c1-4-7-10-13-16-19-22-25-28-30-33-35-38-41-44-47-50-53-59(62)65-56-57(55-64-58(61)52-49-46-43-40-37-34-31-27-24-21-18-15-12-9-6-3)66-60(63)54-51-48-45-42-39-36-32-29-26-23-20-17-14-11-8-5-2/h16,19,25,27-29,31-33,35,57H,4-15,17-18,20-24,26,30,34,36-56H2,1-3H3/b19-16-,28-25-,31-27-,32-29-,35-33-/t57-/m1/s1. The van der Waals surface area contributed by atoms with Gasteiger partial charge < -0.3 is 14.2 Å². The van der Waals surface area contributed by atoms with Crippen LogP contribution in [0.4, 0.5) is 0 Å². The lowest BCUT2D eigenvalue weighted by Crippen LogP contribution is -2.30. The third kappa shape index (κ3) is 52.1. The highest BCUT2D eigenvalue weighted by molar-refractivity contribution is 5.71. The molecule has 0 rings (SSSR count). The number of carbonyl (C=O) groups excluding carboxylic acids is 3. The fraction of sp³-hybridized carbons (Fsp3) is 0.783. The smallest absolute Gasteiger partial charge is 0.306 e. The first kappa shape index (κ1) is 63.1. The van der Waals surface area contributed by atoms with Crippen LogP contribution in [-0.4, -0.2) is 37.2 Å². The van der Waals surface area contributed by atoms with E-state index in [2.05, 4.69) is 81.5 Å². The third-order valence-corrected chi connectivity index (χ3v) is 12.2. The Bertz CT molecular complexity index is 1200. The van der Waals surface area contributed by atoms with Gasteiger partial charge in [0.15, 0.2) is 6.10 Å². The van der Waals surface area contributed by atoms with Crippen LogP contribution < -0.4 is 0 Å². The van der Waals surface area contributed by atoms with Crippen molar-refractivity contribution in [3.05, 3.63) is 60.8 Å². The summed E-state index contributed by atoms with van der Waals surface area (Å²) >= 11 is 0. The van der Waals surface area contributed by atoms with Crippen LogP contribution in [0.25, 0.3) is 0 Å². The summed E-state index contributed by atoms with van der Waals surface area (Å²) in [6.07, 6.45) is 67.7. The van der Waals surface area contributed by atoms with Gasteiger partial charge in [0.25, 0.3) is 0 Å². The highest BCUT2D eigenvalue weighted by Gasteiger charge is 2.19. The second kappa shape index (κ2) is 54.7. The molecule has 0 aliphatic carbocycles. The number of unbranched alkanes of at least 4 members (excludes halogenated alkanes) is 30. The van der Waals surface area contributed by atoms with Gasteiger partial charge in [-0.2, -0.15) is 0 Å². The maximum Gasteiger partial charge on any atom is 0.306 e. The molecular formula is C60H106O6. The van der Waals surface area contributed by atoms with Gasteiger partial charge in [-0.1, -0.05) is 216 Å². The average Bonchev–Trinajstić information content (AvgIpc) is 3.31. The topological polar surface area (TPSA) is 78.9 Å². The van der Waals surface area contributed by atoms with E-state index in [1.165, 1.54) is 141 Å². The molecule has 0 saturated carbocycles. The van der Waals surface area contributed by atoms with E-state index in [0.29, 0.717) is 19.3 Å². The van der Waals surface area contributed by atoms with Crippen molar-refractivity contribution in [1.29, 1.82) is 0 Å². The number of ether oxygens (including phenoxy) is 3. The van der Waals surface area contributed by atoms with Crippen LogP contribution in [0, 0.1) is 0 Å². The summed E-state index contributed by atoms with van der Waals surface area (Å²) < 4.78 is 16.8. The van der Waals surface area contributed by atoms with Crippen molar-refractivity contribution in [1.82, 2.24) is 0 Å². The van der Waals surface area contributed by atoms with Crippen LogP contribution >= 0.6 is 0 Å². The minimum Gasteiger partial charge on any atom is -0.462 e. The van der Waals surface area contributed by atoms with Gasteiger partial charge in [0.1, 0.15) is 13.2 Å². The molecule has 6 heteroatoms. The molecule has 1 atom stereocenters. The van der Waals surface area contributed by atoms with E-state index in [0.717, 1.165) is 103 Å². The molecule has 0 amide bonds. The van der Waals surface area contributed by atoms with Crippen molar-refractivity contribution in [2.24, 2.45) is 0 Å². The Morgan fingerprint density at radius 1 is 0.303 bits per heavy atom. The minimum atomic E-state index is -0.791. The van der Waals surface area contributed by atoms with E-state index in [4.69, 9.17) is 14.2 Å². The van der Waals surface area contributed by atoms with E-state index in [9.17, 15) is 14.4 Å². The lowest BCUT2D eigenvalue weighted by molar-refractivity contribution is -0.167. The van der Waals surface area contributed by atoms with E-state index in [1.54, 1.807) is 0 Å². The highest BCUT2D eigenvalue weighted by atomic mass is 16.6. The summed E-state index contributed by atoms with van der Waals surface area (Å²) in [6.45, 7) is 6.59. The zero-order valence-electron chi connectivity index (χ0n) is 43.7. The number of rotatable bonds is 51. The lowest BCUT2D eigenvalue weighted by Gasteiger charge is -2.18. The Hall–Kier alpha value is -2.89. The molecule has 0 aromatic carbocycles. The van der Waals surface area contributed by atoms with Crippen molar-refractivity contribution in [2.75, 3.05) is 13.2 Å². The van der Waals surface area contributed by atoms with Gasteiger partial charge in [-0.25, -0.2) is 0 Å². The highest BCUT2D eigenvalue weighted by Crippen LogP contribution is 2.14. The molecule has 0 N–H and O–H groups in total. The Balaban J connectivity index is 4.44. The Morgan fingerprint density at radius 3 is 0.894 bits per heavy atom. The summed E-state index contributed by atoms with van der Waals surface area (Å²) in [5.74, 6) is -0.918. The summed E-state index contributed by atoms with van der Waals surface area (Å²) in [6, 6.07) is 0. The maximum absolute atomic E-state index is 12.8. The Kier molecular flexibility index (Phi) is 52.3. The molecular weight excluding hydrogens is 817 g/mol. The molecule has 0 aliphatic heterocycles. The van der Waals surface area contributed by atoms with Crippen molar-refractivity contribution < 1.29 is 28.6 Å². The largest absolute Gasteiger partial charge is 0.462 e. The van der Waals surface area contributed by atoms with Crippen LogP contribution in [0.5, 0.6) is 0 Å². The molecule has 0 bridgehead atoms. The SMILES string of the molecule is CCCCC/C=C\C/C=C\C/C=C\CCCCCCC(=O)OC[C@@H](COC(=O)CCCCCCC/C=C\CCCCCCCC)OC(=O)CCCCCCC/C=C\CCCCCCCCC. The quantitative estimate of drug-likeness (QED) is 0.0262. The van der Waals surface area contributed by atoms with E-state index in [1.807, 2.05) is 0 Å². The molecule has 66 heavy (non-hydrogen) atoms. The number of allylic oxidation sites excluding steroid dienone is 10. The number of hydrogen-bond acceptors (Lipinski definition) is 6. The van der Waals surface area contributed by atoms with Gasteiger partial charge in [0, 0.05) is 19.3 Å². The normalized spacial score (nSPS) is 12.5. The maximum atomic E-state index is 12.8. The first-order valence-electron chi connectivity index (χ1n) is 28.3. The predicted octanol–water partition coefficient (Wildman–Crippen LogP) is 18.8. The Labute approximate surface area is 409 Å². The number of hydrogen-bond donors (Lipinski definition) is 0.